The van der Waals surface area contributed by atoms with Gasteiger partial charge in [0.2, 0.25) is 17.0 Å². The van der Waals surface area contributed by atoms with Crippen molar-refractivity contribution in [1.82, 2.24) is 9.69 Å². The van der Waals surface area contributed by atoms with Crippen molar-refractivity contribution in [2.45, 2.75) is 0 Å². The summed E-state index contributed by atoms with van der Waals surface area (Å²) in [6.45, 7) is 0. The van der Waals surface area contributed by atoms with Gasteiger partial charge < -0.3 is 26.3 Å². The SMILES string of the molecule is N=c1c2oc(N)c(N)c2n(O)n1O. The summed E-state index contributed by atoms with van der Waals surface area (Å²) >= 11 is 0. The van der Waals surface area contributed by atoms with Crippen LogP contribution in [-0.4, -0.2) is 20.1 Å². The van der Waals surface area contributed by atoms with Crippen LogP contribution in [0.25, 0.3) is 11.1 Å². The van der Waals surface area contributed by atoms with Crippen molar-refractivity contribution in [2.75, 3.05) is 11.5 Å². The minimum Gasteiger partial charge on any atom is -0.433 e. The molecule has 0 aliphatic heterocycles. The first-order chi connectivity index (χ1) is 6.04. The summed E-state index contributed by atoms with van der Waals surface area (Å²) in [7, 11) is 0. The molecule has 0 aliphatic carbocycles. The van der Waals surface area contributed by atoms with Crippen LogP contribution in [0.2, 0.25) is 0 Å². The van der Waals surface area contributed by atoms with E-state index in [1.165, 1.54) is 0 Å². The highest BCUT2D eigenvalue weighted by molar-refractivity contribution is 5.91. The fraction of sp³-hybridized carbons (Fsp3) is 0. The molecule has 2 rings (SSSR count). The molecule has 0 aromatic carbocycles. The van der Waals surface area contributed by atoms with Crippen LogP contribution in [-0.2, 0) is 0 Å². The number of furan rings is 1. The Morgan fingerprint density at radius 3 is 2.38 bits per heavy atom. The third-order valence-electron chi connectivity index (χ3n) is 1.74. The van der Waals surface area contributed by atoms with Crippen LogP contribution < -0.4 is 17.0 Å². The van der Waals surface area contributed by atoms with E-state index in [1.54, 1.807) is 0 Å². The van der Waals surface area contributed by atoms with Gasteiger partial charge in [-0.1, -0.05) is 9.69 Å². The molecule has 0 radical (unpaired) electrons. The van der Waals surface area contributed by atoms with E-state index >= 15 is 0 Å². The van der Waals surface area contributed by atoms with Gasteiger partial charge in [-0.25, -0.2) is 0 Å². The van der Waals surface area contributed by atoms with Crippen molar-refractivity contribution in [3.63, 3.8) is 0 Å². The van der Waals surface area contributed by atoms with Gasteiger partial charge in [0, 0.05) is 0 Å². The molecule has 13 heavy (non-hydrogen) atoms. The molecular weight excluding hydrogens is 178 g/mol. The lowest BCUT2D eigenvalue weighted by atomic mass is 10.4. The van der Waals surface area contributed by atoms with Crippen molar-refractivity contribution in [3.8, 4) is 0 Å². The number of aromatic nitrogens is 2. The minimum absolute atomic E-state index is 0.0150. The molecule has 2 aromatic heterocycles. The smallest absolute Gasteiger partial charge is 0.229 e. The maximum Gasteiger partial charge on any atom is 0.229 e. The van der Waals surface area contributed by atoms with E-state index < -0.39 is 5.49 Å². The van der Waals surface area contributed by atoms with Gasteiger partial charge in [-0.2, -0.15) is 0 Å². The van der Waals surface area contributed by atoms with Crippen molar-refractivity contribution < 1.29 is 14.8 Å². The van der Waals surface area contributed by atoms with Crippen molar-refractivity contribution in [1.29, 1.82) is 5.41 Å². The Bertz CT molecular complexity index is 532. The third kappa shape index (κ3) is 0.662. The van der Waals surface area contributed by atoms with Crippen LogP contribution >= 0.6 is 0 Å². The van der Waals surface area contributed by atoms with Gasteiger partial charge in [0.1, 0.15) is 5.69 Å². The molecule has 0 bridgehead atoms. The molecule has 2 aromatic rings. The Morgan fingerprint density at radius 2 is 1.85 bits per heavy atom. The summed E-state index contributed by atoms with van der Waals surface area (Å²) in [5, 5.41) is 25.5. The van der Waals surface area contributed by atoms with Crippen molar-refractivity contribution in [3.05, 3.63) is 5.49 Å². The predicted octanol–water partition coefficient (Wildman–Crippen LogP) is -0.846. The van der Waals surface area contributed by atoms with Gasteiger partial charge in [-0.05, 0) is 0 Å². The number of hydrogen-bond donors (Lipinski definition) is 5. The van der Waals surface area contributed by atoms with Gasteiger partial charge in [0.15, 0.2) is 5.52 Å². The summed E-state index contributed by atoms with van der Waals surface area (Å²) in [4.78, 5) is 0.469. The zero-order valence-electron chi connectivity index (χ0n) is 6.35. The Balaban J connectivity index is 3.10. The van der Waals surface area contributed by atoms with E-state index in [4.69, 9.17) is 26.5 Å². The Labute approximate surface area is 70.6 Å². The average molecular weight is 185 g/mol. The lowest BCUT2D eigenvalue weighted by molar-refractivity contribution is -0.0104. The number of nitrogens with two attached hydrogens (primary N) is 2. The Kier molecular flexibility index (Phi) is 1.09. The van der Waals surface area contributed by atoms with Crippen LogP contribution in [0, 0.1) is 5.41 Å². The Hall–Kier alpha value is -2.25. The maximum absolute atomic E-state index is 9.19. The van der Waals surface area contributed by atoms with Gasteiger partial charge in [-0.15, -0.1) is 0 Å². The van der Waals surface area contributed by atoms with E-state index in [-0.39, 0.29) is 32.4 Å². The molecule has 0 saturated carbocycles. The Morgan fingerprint density at radius 1 is 1.23 bits per heavy atom. The maximum atomic E-state index is 9.19. The zero-order valence-corrected chi connectivity index (χ0v) is 6.35. The number of nitrogen functional groups attached to an aromatic ring is 2. The minimum atomic E-state index is -0.430. The van der Waals surface area contributed by atoms with Crippen LogP contribution in [0.4, 0.5) is 11.6 Å². The number of rotatable bonds is 0. The molecule has 0 aliphatic rings. The second kappa shape index (κ2) is 1.91. The lowest BCUT2D eigenvalue weighted by Crippen LogP contribution is -2.19. The second-order valence-corrected chi connectivity index (χ2v) is 2.49. The van der Waals surface area contributed by atoms with E-state index in [0.29, 0.717) is 0 Å². The van der Waals surface area contributed by atoms with Crippen LogP contribution in [0.1, 0.15) is 0 Å². The molecule has 70 valence electrons. The number of hydrogen-bond acceptors (Lipinski definition) is 6. The third-order valence-corrected chi connectivity index (χ3v) is 1.74. The number of nitrogens with one attached hydrogen (secondary N) is 1. The van der Waals surface area contributed by atoms with Crippen LogP contribution in [0.5, 0.6) is 0 Å². The predicted molar refractivity (Wildman–Crippen MR) is 41.2 cm³/mol. The molecule has 0 saturated heterocycles. The van der Waals surface area contributed by atoms with E-state index in [9.17, 15) is 5.21 Å². The number of fused-ring (bicyclic) bond motifs is 1. The van der Waals surface area contributed by atoms with Gasteiger partial charge in [-0.3, -0.25) is 5.41 Å². The first-order valence-corrected chi connectivity index (χ1v) is 3.28. The standard InChI is InChI=1S/C5H7N5O3/c6-1-2-3(13-5(1)8)4(7)10(12)9(2)11/h7,11-12H,6,8H2. The fourth-order valence-corrected chi connectivity index (χ4v) is 1.09. The quantitative estimate of drug-likeness (QED) is 0.340. The molecule has 0 atom stereocenters. The number of anilines is 2. The van der Waals surface area contributed by atoms with Crippen LogP contribution in [0.3, 0.4) is 0 Å². The first kappa shape index (κ1) is 7.40. The van der Waals surface area contributed by atoms with Gasteiger partial charge in [0.25, 0.3) is 0 Å². The molecule has 0 unspecified atom stereocenters. The molecular formula is C5H7N5O3. The van der Waals surface area contributed by atoms with Gasteiger partial charge >= 0.3 is 0 Å². The van der Waals surface area contributed by atoms with E-state index in [2.05, 4.69) is 0 Å². The summed E-state index contributed by atoms with van der Waals surface area (Å²) < 4.78 is 4.83. The van der Waals surface area contributed by atoms with E-state index in [1.807, 2.05) is 0 Å². The number of nitrogens with zero attached hydrogens (tertiary/aromatic N) is 2. The van der Waals surface area contributed by atoms with E-state index in [0.717, 1.165) is 0 Å². The first-order valence-electron chi connectivity index (χ1n) is 3.28. The van der Waals surface area contributed by atoms with Gasteiger partial charge in [0.05, 0.1) is 0 Å². The molecule has 8 heteroatoms. The second-order valence-electron chi connectivity index (χ2n) is 2.49. The lowest BCUT2D eigenvalue weighted by Gasteiger charge is -1.96. The highest BCUT2D eigenvalue weighted by atomic mass is 16.6. The van der Waals surface area contributed by atoms with Crippen molar-refractivity contribution in [2.24, 2.45) is 0 Å². The molecule has 0 fully saturated rings. The van der Waals surface area contributed by atoms with Crippen molar-refractivity contribution >= 4 is 22.7 Å². The normalized spacial score (nSPS) is 11.1. The highest BCUT2D eigenvalue weighted by Crippen LogP contribution is 2.27. The molecule has 2 heterocycles. The zero-order chi connectivity index (χ0) is 9.75. The molecule has 0 amide bonds. The highest BCUT2D eigenvalue weighted by Gasteiger charge is 2.19. The molecule has 8 nitrogen and oxygen atoms in total. The largest absolute Gasteiger partial charge is 0.433 e. The van der Waals surface area contributed by atoms with Crippen LogP contribution in [0.15, 0.2) is 4.42 Å². The summed E-state index contributed by atoms with van der Waals surface area (Å²) in [6, 6.07) is 0. The molecule has 7 N–H and O–H groups in total. The summed E-state index contributed by atoms with van der Waals surface area (Å²) in [6.07, 6.45) is 0. The fourth-order valence-electron chi connectivity index (χ4n) is 1.09. The average Bonchev–Trinajstić information content (AvgIpc) is 2.48. The summed E-state index contributed by atoms with van der Waals surface area (Å²) in [5.41, 5.74) is 10.2. The monoisotopic (exact) mass is 185 g/mol. The summed E-state index contributed by atoms with van der Waals surface area (Å²) in [5.74, 6) is -0.0955. The topological polar surface area (TPSA) is 139 Å². The molecule has 0 spiro atoms.